The van der Waals surface area contributed by atoms with Gasteiger partial charge in [-0.15, -0.1) is 0 Å². The molecule has 0 unspecified atom stereocenters. The van der Waals surface area contributed by atoms with Gasteiger partial charge in [-0.3, -0.25) is 0 Å². The number of rotatable bonds is 7. The summed E-state index contributed by atoms with van der Waals surface area (Å²) in [6.45, 7) is 8.52. The maximum absolute atomic E-state index is 12.3. The van der Waals surface area contributed by atoms with Gasteiger partial charge in [-0.2, -0.15) is 0 Å². The van der Waals surface area contributed by atoms with Crippen molar-refractivity contribution in [2.24, 2.45) is 0 Å². The first-order valence-corrected chi connectivity index (χ1v) is 12.0. The van der Waals surface area contributed by atoms with Gasteiger partial charge in [0.2, 0.25) is 0 Å². The number of hydrogen-bond acceptors (Lipinski definition) is 4. The summed E-state index contributed by atoms with van der Waals surface area (Å²) in [5, 5.41) is 14.3. The number of carbonyl (C=O) groups excluding carboxylic acids is 1. The molecular formula is C24H35NO4Si. The maximum Gasteiger partial charge on any atom is 0.408 e. The SMILES string of the molecule is [2H]C([2H])(O)[C@H](CO[Si](c1ccccc1)(c1ccccc1)C(C)(C)C)NC(=O)OC(C)(C)C. The molecule has 0 aromatic heterocycles. The van der Waals surface area contributed by atoms with E-state index in [1.54, 1.807) is 20.8 Å². The summed E-state index contributed by atoms with van der Waals surface area (Å²) >= 11 is 0. The normalized spacial score (nSPS) is 15.0. The average Bonchev–Trinajstić information content (AvgIpc) is 2.66. The Morgan fingerprint density at radius 3 is 1.83 bits per heavy atom. The number of ether oxygens (including phenoxy) is 1. The summed E-state index contributed by atoms with van der Waals surface area (Å²) in [7, 11) is -2.96. The zero-order valence-electron chi connectivity index (χ0n) is 20.7. The predicted molar refractivity (Wildman–Crippen MR) is 124 cm³/mol. The van der Waals surface area contributed by atoms with Crippen LogP contribution in [0.25, 0.3) is 0 Å². The lowest BCUT2D eigenvalue weighted by molar-refractivity contribution is 0.0455. The van der Waals surface area contributed by atoms with Crippen LogP contribution >= 0.6 is 0 Å². The Labute approximate surface area is 184 Å². The quantitative estimate of drug-likeness (QED) is 0.659. The minimum absolute atomic E-state index is 0.226. The average molecular weight is 432 g/mol. The molecule has 1 atom stereocenters. The van der Waals surface area contributed by atoms with Crippen molar-refractivity contribution in [2.45, 2.75) is 58.2 Å². The Balaban J connectivity index is 2.47. The van der Waals surface area contributed by atoms with E-state index >= 15 is 0 Å². The molecular weight excluding hydrogens is 394 g/mol. The molecule has 0 aliphatic rings. The molecule has 0 fully saturated rings. The second-order valence-corrected chi connectivity index (χ2v) is 13.6. The zero-order valence-corrected chi connectivity index (χ0v) is 19.7. The van der Waals surface area contributed by atoms with E-state index in [-0.39, 0.29) is 11.6 Å². The Morgan fingerprint density at radius 1 is 1.00 bits per heavy atom. The number of carbonyl (C=O) groups is 1. The van der Waals surface area contributed by atoms with Crippen molar-refractivity contribution in [3.8, 4) is 0 Å². The molecule has 6 heteroatoms. The summed E-state index contributed by atoms with van der Waals surface area (Å²) in [5.74, 6) is 0. The first-order chi connectivity index (χ1) is 14.7. The first-order valence-electron chi connectivity index (χ1n) is 11.1. The molecule has 0 saturated carbocycles. The highest BCUT2D eigenvalue weighted by Crippen LogP contribution is 2.36. The van der Waals surface area contributed by atoms with Crippen molar-refractivity contribution in [2.75, 3.05) is 13.2 Å². The first kappa shape index (κ1) is 21.1. The van der Waals surface area contributed by atoms with Crippen LogP contribution in [0.5, 0.6) is 0 Å². The molecule has 0 saturated heterocycles. The lowest BCUT2D eigenvalue weighted by Crippen LogP contribution is -2.67. The van der Waals surface area contributed by atoms with Gasteiger partial charge in [-0.25, -0.2) is 4.79 Å². The number of aliphatic hydroxyl groups is 1. The van der Waals surface area contributed by atoms with Crippen LogP contribution in [0.15, 0.2) is 60.7 Å². The van der Waals surface area contributed by atoms with E-state index in [0.717, 1.165) is 10.4 Å². The van der Waals surface area contributed by atoms with Gasteiger partial charge in [0.25, 0.3) is 8.32 Å². The Hall–Kier alpha value is -2.15. The smallest absolute Gasteiger partial charge is 0.408 e. The molecule has 2 N–H and O–H groups in total. The van der Waals surface area contributed by atoms with Crippen LogP contribution in [-0.2, 0) is 9.16 Å². The van der Waals surface area contributed by atoms with E-state index in [1.807, 2.05) is 60.7 Å². The predicted octanol–water partition coefficient (Wildman–Crippen LogP) is 3.45. The van der Waals surface area contributed by atoms with Crippen molar-refractivity contribution in [1.82, 2.24) is 5.32 Å². The van der Waals surface area contributed by atoms with Crippen LogP contribution in [0.1, 0.15) is 44.3 Å². The van der Waals surface area contributed by atoms with E-state index in [1.165, 1.54) is 0 Å². The highest BCUT2D eigenvalue weighted by atomic mass is 28.4. The van der Waals surface area contributed by atoms with Gasteiger partial charge in [-0.05, 0) is 36.2 Å². The van der Waals surface area contributed by atoms with E-state index in [2.05, 4.69) is 26.1 Å². The minimum atomic E-state index is -2.96. The van der Waals surface area contributed by atoms with Gasteiger partial charge in [0.15, 0.2) is 0 Å². The highest BCUT2D eigenvalue weighted by molar-refractivity contribution is 6.99. The van der Waals surface area contributed by atoms with E-state index in [4.69, 9.17) is 11.9 Å². The monoisotopic (exact) mass is 431 g/mol. The van der Waals surface area contributed by atoms with Crippen molar-refractivity contribution < 1.29 is 21.8 Å². The molecule has 1 amide bonds. The Morgan fingerprint density at radius 2 is 1.47 bits per heavy atom. The van der Waals surface area contributed by atoms with Crippen molar-refractivity contribution >= 4 is 24.8 Å². The lowest BCUT2D eigenvalue weighted by atomic mass is 10.2. The molecule has 2 aromatic carbocycles. The number of benzene rings is 2. The fourth-order valence-electron chi connectivity index (χ4n) is 3.53. The van der Waals surface area contributed by atoms with Gasteiger partial charge >= 0.3 is 6.09 Å². The zero-order chi connectivity index (χ0) is 24.2. The van der Waals surface area contributed by atoms with Crippen LogP contribution in [-0.4, -0.2) is 44.3 Å². The largest absolute Gasteiger partial charge is 0.444 e. The topological polar surface area (TPSA) is 67.8 Å². The van der Waals surface area contributed by atoms with Gasteiger partial charge < -0.3 is 19.6 Å². The summed E-state index contributed by atoms with van der Waals surface area (Å²) in [6.07, 6.45) is -0.813. The summed E-state index contributed by atoms with van der Waals surface area (Å²) < 4.78 is 27.7. The summed E-state index contributed by atoms with van der Waals surface area (Å²) in [5.41, 5.74) is -0.754. The molecule has 30 heavy (non-hydrogen) atoms. The van der Waals surface area contributed by atoms with E-state index < -0.39 is 32.6 Å². The summed E-state index contributed by atoms with van der Waals surface area (Å²) in [4.78, 5) is 12.3. The molecule has 0 radical (unpaired) electrons. The highest BCUT2D eigenvalue weighted by Gasteiger charge is 2.50. The Bertz CT molecular complexity index is 835. The lowest BCUT2D eigenvalue weighted by Gasteiger charge is -2.43. The number of hydrogen-bond donors (Lipinski definition) is 2. The molecule has 0 aliphatic heterocycles. The van der Waals surface area contributed by atoms with Crippen LogP contribution in [0.2, 0.25) is 5.04 Å². The third-order valence-corrected chi connectivity index (χ3v) is 9.73. The molecule has 0 spiro atoms. The fourth-order valence-corrected chi connectivity index (χ4v) is 8.10. The van der Waals surface area contributed by atoms with Crippen LogP contribution < -0.4 is 15.7 Å². The maximum atomic E-state index is 12.3. The van der Waals surface area contributed by atoms with Crippen molar-refractivity contribution in [3.05, 3.63) is 60.7 Å². The van der Waals surface area contributed by atoms with Crippen LogP contribution in [0.3, 0.4) is 0 Å². The van der Waals surface area contributed by atoms with Gasteiger partial charge in [0.1, 0.15) is 5.60 Å². The molecule has 2 aromatic rings. The molecule has 164 valence electrons. The molecule has 5 nitrogen and oxygen atoms in total. The van der Waals surface area contributed by atoms with Crippen molar-refractivity contribution in [1.29, 1.82) is 0 Å². The summed E-state index contributed by atoms with van der Waals surface area (Å²) in [6, 6.07) is 18.5. The van der Waals surface area contributed by atoms with Crippen molar-refractivity contribution in [3.63, 3.8) is 0 Å². The minimum Gasteiger partial charge on any atom is -0.444 e. The van der Waals surface area contributed by atoms with Gasteiger partial charge in [0, 0.05) is 0 Å². The van der Waals surface area contributed by atoms with E-state index in [9.17, 15) is 9.90 Å². The molecule has 0 heterocycles. The van der Waals surface area contributed by atoms with Crippen LogP contribution in [0, 0.1) is 0 Å². The van der Waals surface area contributed by atoms with Gasteiger partial charge in [-0.1, -0.05) is 81.4 Å². The van der Waals surface area contributed by atoms with Gasteiger partial charge in [0.05, 0.1) is 21.9 Å². The molecule has 2 rings (SSSR count). The second kappa shape index (κ2) is 9.77. The Kier molecular flexibility index (Phi) is 6.87. The second-order valence-electron chi connectivity index (χ2n) is 9.30. The fraction of sp³-hybridized carbons (Fsp3) is 0.458. The number of nitrogens with one attached hydrogen (secondary N) is 1. The standard InChI is InChI=1S/C24H35NO4Si/c1-23(2,3)29-22(27)25-19(17-26)18-28-30(24(4,5)6,20-13-9-7-10-14-20)21-15-11-8-12-16-21/h7-16,19,26H,17-18H2,1-6H3,(H,25,27)/t19-/m1/s1/i17D2. The third-order valence-electron chi connectivity index (χ3n) is 4.73. The molecule has 0 aliphatic carbocycles. The third kappa shape index (κ3) is 5.94. The number of alkyl carbamates (subject to hydrolysis) is 1. The molecule has 0 bridgehead atoms. The number of amides is 1. The van der Waals surface area contributed by atoms with E-state index in [0.29, 0.717) is 0 Å². The van der Waals surface area contributed by atoms with Crippen LogP contribution in [0.4, 0.5) is 4.79 Å².